The molecule has 3 aliphatic rings. The van der Waals surface area contributed by atoms with E-state index in [2.05, 4.69) is 10.2 Å². The summed E-state index contributed by atoms with van der Waals surface area (Å²) in [6, 6.07) is 25.1. The minimum Gasteiger partial charge on any atom is -0.459 e. The number of nitrogens with one attached hydrogen (secondary N) is 1. The molecule has 2 amide bonds. The number of carbonyl (C=O) groups is 3. The summed E-state index contributed by atoms with van der Waals surface area (Å²) in [5.41, 5.74) is 3.71. The Bertz CT molecular complexity index is 1820. The van der Waals surface area contributed by atoms with Gasteiger partial charge in [-0.2, -0.15) is 0 Å². The second-order valence-electron chi connectivity index (χ2n) is 12.4. The lowest BCUT2D eigenvalue weighted by Crippen LogP contribution is -2.57. The Labute approximate surface area is 273 Å². The predicted molar refractivity (Wildman–Crippen MR) is 176 cm³/mol. The van der Waals surface area contributed by atoms with E-state index >= 15 is 0 Å². The molecule has 1 spiro atoms. The maximum atomic E-state index is 14.1. The molecule has 0 aliphatic carbocycles. The zero-order valence-electron chi connectivity index (χ0n) is 26.3. The number of amides is 2. The highest BCUT2D eigenvalue weighted by Crippen LogP contribution is 2.39. The molecule has 0 bridgehead atoms. The third kappa shape index (κ3) is 5.79. The van der Waals surface area contributed by atoms with E-state index in [1.165, 1.54) is 6.92 Å². The Hall–Kier alpha value is -4.93. The number of anilines is 1. The molecule has 242 valence electrons. The van der Waals surface area contributed by atoms with Gasteiger partial charge in [-0.1, -0.05) is 60.7 Å². The Morgan fingerprint density at radius 2 is 1.68 bits per heavy atom. The van der Waals surface area contributed by atoms with Crippen LogP contribution in [0.1, 0.15) is 53.6 Å². The van der Waals surface area contributed by atoms with Gasteiger partial charge >= 0.3 is 0 Å². The number of carbonyl (C=O) groups excluding carboxylic acids is 3. The number of hydrogen-bond donors (Lipinski definition) is 2. The number of benzene rings is 3. The maximum absolute atomic E-state index is 14.1. The highest BCUT2D eigenvalue weighted by atomic mass is 16.7. The van der Waals surface area contributed by atoms with Crippen molar-refractivity contribution in [3.63, 3.8) is 0 Å². The van der Waals surface area contributed by atoms with Crippen LogP contribution >= 0.6 is 0 Å². The normalized spacial score (nSPS) is 20.6. The van der Waals surface area contributed by atoms with Crippen LogP contribution in [0.3, 0.4) is 0 Å². The monoisotopic (exact) mass is 634 g/mol. The number of likely N-dealkylation sites (tertiary alicyclic amines) is 1. The fraction of sp³-hybridized carbons (Fsp3) is 0.324. The van der Waals surface area contributed by atoms with Crippen LogP contribution < -0.4 is 10.2 Å². The van der Waals surface area contributed by atoms with Crippen LogP contribution in [0.4, 0.5) is 5.69 Å². The third-order valence-corrected chi connectivity index (χ3v) is 9.67. The first-order chi connectivity index (χ1) is 22.9. The molecule has 4 aromatic rings. The van der Waals surface area contributed by atoms with Crippen LogP contribution in [0.5, 0.6) is 0 Å². The number of aliphatic hydroxyl groups excluding tert-OH is 1. The van der Waals surface area contributed by atoms with Crippen molar-refractivity contribution in [2.24, 2.45) is 0 Å². The molecular formula is C37H38N4O6. The smallest absolute Gasteiger partial charge is 0.288 e. The summed E-state index contributed by atoms with van der Waals surface area (Å²) in [7, 11) is 0. The first-order valence-electron chi connectivity index (χ1n) is 16.1. The second-order valence-corrected chi connectivity index (χ2v) is 12.4. The van der Waals surface area contributed by atoms with Crippen molar-refractivity contribution >= 4 is 34.3 Å². The van der Waals surface area contributed by atoms with Gasteiger partial charge in [-0.15, -0.1) is 0 Å². The Kier molecular flexibility index (Phi) is 8.30. The van der Waals surface area contributed by atoms with Gasteiger partial charge < -0.3 is 29.7 Å². The molecule has 2 atom stereocenters. The minimum absolute atomic E-state index is 0.0102. The summed E-state index contributed by atoms with van der Waals surface area (Å²) in [5.74, 6) is -0.398. The molecule has 2 fully saturated rings. The largest absolute Gasteiger partial charge is 0.459 e. The zero-order valence-corrected chi connectivity index (χ0v) is 26.3. The summed E-state index contributed by atoms with van der Waals surface area (Å²) < 4.78 is 14.2. The molecule has 3 aromatic carbocycles. The van der Waals surface area contributed by atoms with E-state index in [0.29, 0.717) is 39.0 Å². The van der Waals surface area contributed by atoms with Crippen molar-refractivity contribution in [1.29, 1.82) is 0 Å². The number of aliphatic hydroxyl groups is 1. The number of aromatic nitrogens is 1. The highest BCUT2D eigenvalue weighted by molar-refractivity contribution is 5.96. The topological polar surface area (TPSA) is 113 Å². The average Bonchev–Trinajstić information content (AvgIpc) is 3.66. The van der Waals surface area contributed by atoms with E-state index in [4.69, 9.17) is 9.47 Å². The molecule has 47 heavy (non-hydrogen) atoms. The lowest BCUT2D eigenvalue weighted by atomic mass is 9.85. The molecule has 7 rings (SSSR count). The first-order valence-corrected chi connectivity index (χ1v) is 16.1. The van der Waals surface area contributed by atoms with Gasteiger partial charge in [-0.25, -0.2) is 0 Å². The number of allylic oxidation sites excluding steroid dienone is 1. The predicted octanol–water partition coefficient (Wildman–Crippen LogP) is 4.68. The maximum Gasteiger partial charge on any atom is 0.288 e. The zero-order chi connectivity index (χ0) is 32.5. The summed E-state index contributed by atoms with van der Waals surface area (Å²) in [6.07, 6.45) is 4.43. The Morgan fingerprint density at radius 1 is 0.979 bits per heavy atom. The SMILES string of the molecule is CC(=O)n1cc(C2C=C(C(=O)N3CCC4(CC3)C(=O)NCN4c3ccccc3)OC(OCc3ccc(CO)cc3)C2)c2ccccc21. The van der Waals surface area contributed by atoms with Crippen LogP contribution in [-0.4, -0.2) is 63.9 Å². The third-order valence-electron chi connectivity index (χ3n) is 9.67. The van der Waals surface area contributed by atoms with Gasteiger partial charge in [0.05, 0.1) is 25.4 Å². The number of hydrogen-bond acceptors (Lipinski definition) is 7. The van der Waals surface area contributed by atoms with Crippen LogP contribution in [0.25, 0.3) is 10.9 Å². The van der Waals surface area contributed by atoms with Gasteiger partial charge in [-0.3, -0.25) is 19.0 Å². The minimum atomic E-state index is -0.716. The highest BCUT2D eigenvalue weighted by Gasteiger charge is 2.51. The van der Waals surface area contributed by atoms with Gasteiger partial charge in [0, 0.05) is 49.6 Å². The first kappa shape index (κ1) is 30.7. The van der Waals surface area contributed by atoms with Crippen molar-refractivity contribution in [2.45, 2.75) is 57.1 Å². The molecule has 2 unspecified atom stereocenters. The lowest BCUT2D eigenvalue weighted by Gasteiger charge is -2.43. The molecular weight excluding hydrogens is 596 g/mol. The fourth-order valence-electron chi connectivity index (χ4n) is 7.09. The Morgan fingerprint density at radius 3 is 2.40 bits per heavy atom. The summed E-state index contributed by atoms with van der Waals surface area (Å²) in [6.45, 7) is 2.98. The van der Waals surface area contributed by atoms with Gasteiger partial charge in [0.2, 0.25) is 18.1 Å². The molecule has 0 radical (unpaired) electrons. The van der Waals surface area contributed by atoms with E-state index < -0.39 is 11.8 Å². The van der Waals surface area contributed by atoms with Crippen LogP contribution in [0, 0.1) is 0 Å². The number of rotatable bonds is 7. The molecule has 2 N–H and O–H groups in total. The van der Waals surface area contributed by atoms with E-state index in [0.717, 1.165) is 33.3 Å². The van der Waals surface area contributed by atoms with Crippen molar-refractivity contribution < 1.29 is 29.0 Å². The van der Waals surface area contributed by atoms with E-state index in [1.54, 1.807) is 9.47 Å². The summed E-state index contributed by atoms with van der Waals surface area (Å²) in [5, 5.41) is 13.4. The fourth-order valence-corrected chi connectivity index (χ4v) is 7.09. The van der Waals surface area contributed by atoms with E-state index in [-0.39, 0.29) is 42.6 Å². The van der Waals surface area contributed by atoms with Crippen molar-refractivity contribution in [1.82, 2.24) is 14.8 Å². The van der Waals surface area contributed by atoms with Crippen LogP contribution in [0.15, 0.2) is 96.9 Å². The number of nitrogens with zero attached hydrogens (tertiary/aromatic N) is 3. The van der Waals surface area contributed by atoms with Crippen molar-refractivity contribution in [2.75, 3.05) is 24.7 Å². The molecule has 10 nitrogen and oxygen atoms in total. The number of ether oxygens (including phenoxy) is 2. The number of para-hydroxylation sites is 2. The van der Waals surface area contributed by atoms with Crippen molar-refractivity contribution in [3.8, 4) is 0 Å². The molecule has 0 saturated carbocycles. The van der Waals surface area contributed by atoms with E-state index in [1.807, 2.05) is 91.1 Å². The summed E-state index contributed by atoms with van der Waals surface area (Å²) in [4.78, 5) is 43.7. The molecule has 3 aliphatic heterocycles. The van der Waals surface area contributed by atoms with Gasteiger partial charge in [0.25, 0.3) is 5.91 Å². The Balaban J connectivity index is 1.14. The quantitative estimate of drug-likeness (QED) is 0.304. The molecule has 4 heterocycles. The second kappa shape index (κ2) is 12.7. The molecule has 10 heteroatoms. The van der Waals surface area contributed by atoms with Crippen LogP contribution in [-0.2, 0) is 32.3 Å². The van der Waals surface area contributed by atoms with Gasteiger partial charge in [0.15, 0.2) is 5.76 Å². The molecule has 1 aromatic heterocycles. The number of fused-ring (bicyclic) bond motifs is 1. The number of piperidine rings is 1. The lowest BCUT2D eigenvalue weighted by molar-refractivity contribution is -0.157. The van der Waals surface area contributed by atoms with E-state index in [9.17, 15) is 19.5 Å². The summed E-state index contributed by atoms with van der Waals surface area (Å²) >= 11 is 0. The van der Waals surface area contributed by atoms with Crippen LogP contribution in [0.2, 0.25) is 0 Å². The van der Waals surface area contributed by atoms with Crippen molar-refractivity contribution in [3.05, 3.63) is 114 Å². The molecule has 2 saturated heterocycles. The van der Waals surface area contributed by atoms with Gasteiger partial charge in [0.1, 0.15) is 5.54 Å². The standard InChI is InChI=1S/C37H38N4O6/c1-25(43)40-21-31(30-9-5-6-10-32(30)40)28-19-33(47-34(20-28)46-23-27-13-11-26(22-42)12-14-27)35(44)39-17-15-37(16-18-39)36(45)38-24-41(37)29-7-3-2-4-8-29/h2-14,19,21,28,34,42H,15-18,20,22-24H2,1H3,(H,38,45). The average molecular weight is 635 g/mol. The van der Waals surface area contributed by atoms with Gasteiger partial charge in [-0.05, 0) is 53.8 Å².